The van der Waals surface area contributed by atoms with Crippen molar-refractivity contribution in [3.8, 4) is 11.5 Å². The van der Waals surface area contributed by atoms with Crippen LogP contribution >= 0.6 is 11.3 Å². The van der Waals surface area contributed by atoms with E-state index in [-0.39, 0.29) is 11.9 Å². The molecule has 7 heteroatoms. The van der Waals surface area contributed by atoms with Gasteiger partial charge in [-0.2, -0.15) is 0 Å². The van der Waals surface area contributed by atoms with Gasteiger partial charge in [0.1, 0.15) is 11.5 Å². The quantitative estimate of drug-likeness (QED) is 0.415. The van der Waals surface area contributed by atoms with Crippen molar-refractivity contribution in [1.29, 1.82) is 0 Å². The molecule has 2 heterocycles. The van der Waals surface area contributed by atoms with E-state index in [9.17, 15) is 4.79 Å². The molecular weight excluding hydrogens is 458 g/mol. The highest BCUT2D eigenvalue weighted by molar-refractivity contribution is 7.09. The maximum atomic E-state index is 13.6. The number of hydrogen-bond acceptors (Lipinski definition) is 6. The van der Waals surface area contributed by atoms with Crippen molar-refractivity contribution < 1.29 is 14.3 Å². The first-order chi connectivity index (χ1) is 17.1. The number of benzene rings is 2. The van der Waals surface area contributed by atoms with Gasteiger partial charge in [0.2, 0.25) is 5.91 Å². The molecule has 3 aromatic rings. The Hall–Kier alpha value is -3.03. The van der Waals surface area contributed by atoms with E-state index in [0.29, 0.717) is 13.1 Å². The van der Waals surface area contributed by atoms with Crippen LogP contribution in [0.15, 0.2) is 66.0 Å². The first-order valence-electron chi connectivity index (χ1n) is 12.1. The molecule has 1 amide bonds. The molecule has 0 aliphatic carbocycles. The summed E-state index contributed by atoms with van der Waals surface area (Å²) in [5, 5.41) is 2.10. The zero-order valence-corrected chi connectivity index (χ0v) is 21.7. The molecule has 6 nitrogen and oxygen atoms in total. The molecule has 1 fully saturated rings. The molecule has 1 saturated heterocycles. The number of anilines is 1. The minimum Gasteiger partial charge on any atom is -0.497 e. The van der Waals surface area contributed by atoms with Crippen LogP contribution in [-0.2, 0) is 17.8 Å². The van der Waals surface area contributed by atoms with Crippen LogP contribution in [0.3, 0.4) is 0 Å². The number of ether oxygens (including phenoxy) is 2. The molecule has 0 spiro atoms. The van der Waals surface area contributed by atoms with Gasteiger partial charge in [0.05, 0.1) is 26.5 Å². The van der Waals surface area contributed by atoms with Crippen LogP contribution in [0.4, 0.5) is 5.69 Å². The van der Waals surface area contributed by atoms with E-state index in [4.69, 9.17) is 9.47 Å². The molecule has 1 aliphatic heterocycles. The summed E-state index contributed by atoms with van der Waals surface area (Å²) in [7, 11) is 3.38. The van der Waals surface area contributed by atoms with Crippen LogP contribution in [0.5, 0.6) is 11.5 Å². The Bertz CT molecular complexity index is 1060. The molecule has 1 aliphatic rings. The average Bonchev–Trinajstić information content (AvgIpc) is 3.41. The number of carbonyl (C=O) groups is 1. The topological polar surface area (TPSA) is 45.2 Å². The van der Waals surface area contributed by atoms with Gasteiger partial charge in [0.25, 0.3) is 0 Å². The lowest BCUT2D eigenvalue weighted by atomic mass is 10.1. The molecule has 186 valence electrons. The Morgan fingerprint density at radius 2 is 1.71 bits per heavy atom. The Balaban J connectivity index is 1.40. The predicted octanol–water partition coefficient (Wildman–Crippen LogP) is 4.55. The lowest BCUT2D eigenvalue weighted by Crippen LogP contribution is -2.51. The standard InChI is InChI=1S/C28H35N3O3S/c1-22(19-25-7-6-18-35-25)31(20-23-10-12-24(33-2)13-11-23)28(32)21-29-14-16-30(17-15-29)26-8-4-5-9-27(26)34-3/h4-13,18,22H,14-17,19-21H2,1-3H3/t22-/m0/s1. The normalized spacial score (nSPS) is 15.0. The van der Waals surface area contributed by atoms with Crippen LogP contribution in [0.25, 0.3) is 0 Å². The smallest absolute Gasteiger partial charge is 0.237 e. The zero-order chi connectivity index (χ0) is 24.6. The SMILES string of the molecule is COc1ccc(CN(C(=O)CN2CCN(c3ccccc3OC)CC2)[C@@H](C)Cc2cccs2)cc1. The van der Waals surface area contributed by atoms with E-state index < -0.39 is 0 Å². The van der Waals surface area contributed by atoms with E-state index in [2.05, 4.69) is 40.3 Å². The average molecular weight is 494 g/mol. The summed E-state index contributed by atoms with van der Waals surface area (Å²) in [5.41, 5.74) is 2.23. The summed E-state index contributed by atoms with van der Waals surface area (Å²) in [6.45, 7) is 6.62. The number of piperazine rings is 1. The molecule has 35 heavy (non-hydrogen) atoms. The van der Waals surface area contributed by atoms with Crippen LogP contribution in [0.1, 0.15) is 17.4 Å². The second-order valence-corrected chi connectivity index (χ2v) is 9.97. The Kier molecular flexibility index (Phi) is 8.66. The minimum absolute atomic E-state index is 0.109. The molecule has 0 unspecified atom stereocenters. The number of methoxy groups -OCH3 is 2. The van der Waals surface area contributed by atoms with Crippen LogP contribution < -0.4 is 14.4 Å². The van der Waals surface area contributed by atoms with Gasteiger partial charge in [-0.15, -0.1) is 11.3 Å². The van der Waals surface area contributed by atoms with Crippen molar-refractivity contribution in [2.45, 2.75) is 25.9 Å². The van der Waals surface area contributed by atoms with Crippen molar-refractivity contribution in [3.05, 3.63) is 76.5 Å². The Morgan fingerprint density at radius 3 is 2.37 bits per heavy atom. The van der Waals surface area contributed by atoms with E-state index in [0.717, 1.165) is 55.3 Å². The third-order valence-electron chi connectivity index (χ3n) is 6.60. The largest absolute Gasteiger partial charge is 0.497 e. The zero-order valence-electron chi connectivity index (χ0n) is 20.9. The summed E-state index contributed by atoms with van der Waals surface area (Å²) in [5.74, 6) is 1.90. The number of amides is 1. The van der Waals surface area contributed by atoms with Crippen molar-refractivity contribution in [1.82, 2.24) is 9.80 Å². The molecule has 0 saturated carbocycles. The number of nitrogens with zero attached hydrogens (tertiary/aromatic N) is 3. The fourth-order valence-corrected chi connectivity index (χ4v) is 5.39. The number of rotatable bonds is 10. The summed E-state index contributed by atoms with van der Waals surface area (Å²) in [4.78, 5) is 21.5. The first-order valence-corrected chi connectivity index (χ1v) is 13.0. The van der Waals surface area contributed by atoms with Gasteiger partial charge < -0.3 is 19.3 Å². The van der Waals surface area contributed by atoms with Crippen LogP contribution in [0.2, 0.25) is 0 Å². The third kappa shape index (κ3) is 6.55. The van der Waals surface area contributed by atoms with E-state index in [1.165, 1.54) is 4.88 Å². The molecule has 0 N–H and O–H groups in total. The minimum atomic E-state index is 0.109. The molecule has 4 rings (SSSR count). The maximum absolute atomic E-state index is 13.6. The summed E-state index contributed by atoms with van der Waals surface area (Å²) >= 11 is 1.75. The van der Waals surface area contributed by atoms with Crippen molar-refractivity contribution in [3.63, 3.8) is 0 Å². The van der Waals surface area contributed by atoms with Crippen LogP contribution in [0, 0.1) is 0 Å². The van der Waals surface area contributed by atoms with Gasteiger partial charge in [-0.3, -0.25) is 9.69 Å². The molecular formula is C28H35N3O3S. The number of thiophene rings is 1. The number of hydrogen-bond donors (Lipinski definition) is 0. The monoisotopic (exact) mass is 493 g/mol. The van der Waals surface area contributed by atoms with E-state index >= 15 is 0 Å². The van der Waals surface area contributed by atoms with Crippen molar-refractivity contribution >= 4 is 22.9 Å². The van der Waals surface area contributed by atoms with Gasteiger partial charge in [0.15, 0.2) is 0 Å². The van der Waals surface area contributed by atoms with Gasteiger partial charge in [-0.1, -0.05) is 30.3 Å². The summed E-state index contributed by atoms with van der Waals surface area (Å²) in [6.07, 6.45) is 0.862. The predicted molar refractivity (Wildman–Crippen MR) is 143 cm³/mol. The fraction of sp³-hybridized carbons (Fsp3) is 0.393. The summed E-state index contributed by atoms with van der Waals surface area (Å²) < 4.78 is 10.8. The molecule has 1 aromatic heterocycles. The molecule has 2 aromatic carbocycles. The molecule has 0 bridgehead atoms. The Labute approximate surface area is 212 Å². The molecule has 0 radical (unpaired) electrons. The highest BCUT2D eigenvalue weighted by Crippen LogP contribution is 2.28. The fourth-order valence-electron chi connectivity index (χ4n) is 4.57. The van der Waals surface area contributed by atoms with E-state index in [1.54, 1.807) is 25.6 Å². The lowest BCUT2D eigenvalue weighted by molar-refractivity contribution is -0.135. The van der Waals surface area contributed by atoms with Gasteiger partial charge >= 0.3 is 0 Å². The number of para-hydroxylation sites is 2. The summed E-state index contributed by atoms with van der Waals surface area (Å²) in [6, 6.07) is 20.5. The second-order valence-electron chi connectivity index (χ2n) is 8.94. The molecule has 1 atom stereocenters. The van der Waals surface area contributed by atoms with Crippen molar-refractivity contribution in [2.75, 3.05) is 51.8 Å². The maximum Gasteiger partial charge on any atom is 0.237 e. The lowest BCUT2D eigenvalue weighted by Gasteiger charge is -2.38. The van der Waals surface area contributed by atoms with Crippen LogP contribution in [-0.4, -0.2) is 68.7 Å². The van der Waals surface area contributed by atoms with Gasteiger partial charge in [-0.05, 0) is 48.2 Å². The highest BCUT2D eigenvalue weighted by atomic mass is 32.1. The first kappa shape index (κ1) is 25.1. The van der Waals surface area contributed by atoms with Gasteiger partial charge in [0, 0.05) is 50.1 Å². The Morgan fingerprint density at radius 1 is 0.971 bits per heavy atom. The third-order valence-corrected chi connectivity index (χ3v) is 7.50. The van der Waals surface area contributed by atoms with Gasteiger partial charge in [-0.25, -0.2) is 0 Å². The van der Waals surface area contributed by atoms with E-state index in [1.807, 2.05) is 47.4 Å². The number of carbonyl (C=O) groups excluding carboxylic acids is 1. The second kappa shape index (κ2) is 12.1. The van der Waals surface area contributed by atoms with Crippen molar-refractivity contribution in [2.24, 2.45) is 0 Å². The highest BCUT2D eigenvalue weighted by Gasteiger charge is 2.26.